The van der Waals surface area contributed by atoms with Crippen molar-refractivity contribution in [1.29, 1.82) is 0 Å². The molecular weight excluding hydrogens is 378 g/mol. The number of rotatable bonds is 4. The molecule has 1 fully saturated rings. The Hall–Kier alpha value is -3.71. The lowest BCUT2D eigenvalue weighted by Gasteiger charge is -2.25. The second-order valence-corrected chi connectivity index (χ2v) is 7.25. The standard InChI is InChI=1S/C23H21N5O2/c1-16(29)24-22-15-27-23(25-22)11-10-20(26-27)18-8-5-9-19(14-18)28-21(12-13-30-28)17-6-3-2-4-7-17/h2-11,14-15,21H,12-13H2,1H3,(H,24,29)/t21-/m0/s1. The molecule has 0 saturated carbocycles. The number of hydrogen-bond acceptors (Lipinski definition) is 5. The summed E-state index contributed by atoms with van der Waals surface area (Å²) in [6.45, 7) is 2.15. The molecule has 1 aliphatic heterocycles. The van der Waals surface area contributed by atoms with Gasteiger partial charge in [-0.15, -0.1) is 0 Å². The zero-order chi connectivity index (χ0) is 20.5. The van der Waals surface area contributed by atoms with E-state index in [0.29, 0.717) is 18.1 Å². The molecule has 0 aliphatic carbocycles. The van der Waals surface area contributed by atoms with Gasteiger partial charge in [0.1, 0.15) is 0 Å². The molecule has 0 spiro atoms. The molecule has 0 unspecified atom stereocenters. The first-order chi connectivity index (χ1) is 14.7. The molecule has 1 N–H and O–H groups in total. The third-order valence-electron chi connectivity index (χ3n) is 5.11. The fraction of sp³-hybridized carbons (Fsp3) is 0.174. The summed E-state index contributed by atoms with van der Waals surface area (Å²) in [7, 11) is 0. The SMILES string of the molecule is CC(=O)Nc1cn2nc(-c3cccc(N4OCC[C@H]4c4ccccc4)c3)ccc2n1. The number of hydroxylamine groups is 1. The summed E-state index contributed by atoms with van der Waals surface area (Å²) in [6, 6.07) is 22.6. The number of amides is 1. The van der Waals surface area contributed by atoms with E-state index in [1.807, 2.05) is 35.4 Å². The van der Waals surface area contributed by atoms with Crippen LogP contribution in [0.5, 0.6) is 0 Å². The Morgan fingerprint density at radius 3 is 2.80 bits per heavy atom. The van der Waals surface area contributed by atoms with E-state index in [-0.39, 0.29) is 11.9 Å². The van der Waals surface area contributed by atoms with Crippen LogP contribution in [0, 0.1) is 0 Å². The molecule has 3 heterocycles. The van der Waals surface area contributed by atoms with E-state index in [4.69, 9.17) is 4.84 Å². The van der Waals surface area contributed by atoms with Gasteiger partial charge >= 0.3 is 0 Å². The Kier molecular flexibility index (Phi) is 4.65. The van der Waals surface area contributed by atoms with Crippen molar-refractivity contribution in [2.45, 2.75) is 19.4 Å². The van der Waals surface area contributed by atoms with Gasteiger partial charge in [-0.25, -0.2) is 14.6 Å². The number of hydrogen-bond donors (Lipinski definition) is 1. The third kappa shape index (κ3) is 3.51. The van der Waals surface area contributed by atoms with E-state index in [1.54, 1.807) is 10.7 Å². The van der Waals surface area contributed by atoms with Gasteiger partial charge in [-0.1, -0.05) is 42.5 Å². The van der Waals surface area contributed by atoms with Gasteiger partial charge in [0.25, 0.3) is 0 Å². The predicted molar refractivity (Wildman–Crippen MR) is 115 cm³/mol. The summed E-state index contributed by atoms with van der Waals surface area (Å²) >= 11 is 0. The zero-order valence-electron chi connectivity index (χ0n) is 16.5. The largest absolute Gasteiger partial charge is 0.310 e. The number of fused-ring (bicyclic) bond motifs is 1. The molecule has 0 bridgehead atoms. The maximum absolute atomic E-state index is 11.3. The molecular formula is C23H21N5O2. The summed E-state index contributed by atoms with van der Waals surface area (Å²) in [4.78, 5) is 21.6. The Labute approximate surface area is 173 Å². The molecule has 150 valence electrons. The number of anilines is 2. The molecule has 1 amide bonds. The van der Waals surface area contributed by atoms with Crippen LogP contribution in [0.1, 0.15) is 24.9 Å². The predicted octanol–water partition coefficient (Wildman–Crippen LogP) is 4.24. The lowest BCUT2D eigenvalue weighted by Crippen LogP contribution is -2.21. The maximum Gasteiger partial charge on any atom is 0.222 e. The molecule has 1 atom stereocenters. The minimum atomic E-state index is -0.162. The van der Waals surface area contributed by atoms with Gasteiger partial charge in [0.05, 0.1) is 30.2 Å². The first-order valence-corrected chi connectivity index (χ1v) is 9.89. The molecule has 2 aromatic heterocycles. The van der Waals surface area contributed by atoms with Crippen LogP contribution >= 0.6 is 0 Å². The molecule has 1 saturated heterocycles. The molecule has 30 heavy (non-hydrogen) atoms. The fourth-order valence-electron chi connectivity index (χ4n) is 3.78. The lowest BCUT2D eigenvalue weighted by atomic mass is 10.0. The van der Waals surface area contributed by atoms with Crippen molar-refractivity contribution >= 4 is 23.1 Å². The minimum Gasteiger partial charge on any atom is -0.310 e. The van der Waals surface area contributed by atoms with Crippen LogP contribution in [0.4, 0.5) is 11.5 Å². The van der Waals surface area contributed by atoms with Crippen molar-refractivity contribution in [2.75, 3.05) is 17.0 Å². The van der Waals surface area contributed by atoms with E-state index in [1.165, 1.54) is 12.5 Å². The van der Waals surface area contributed by atoms with Gasteiger partial charge in [0.2, 0.25) is 5.91 Å². The molecule has 0 radical (unpaired) electrons. The molecule has 7 heteroatoms. The summed E-state index contributed by atoms with van der Waals surface area (Å²) in [5.41, 5.74) is 4.69. The van der Waals surface area contributed by atoms with Crippen molar-refractivity contribution in [3.63, 3.8) is 0 Å². The van der Waals surface area contributed by atoms with Gasteiger partial charge in [-0.3, -0.25) is 9.63 Å². The van der Waals surface area contributed by atoms with Crippen molar-refractivity contribution in [3.05, 3.63) is 78.5 Å². The Balaban J connectivity index is 1.46. The van der Waals surface area contributed by atoms with Gasteiger partial charge in [0, 0.05) is 18.9 Å². The highest BCUT2D eigenvalue weighted by Gasteiger charge is 2.28. The lowest BCUT2D eigenvalue weighted by molar-refractivity contribution is -0.114. The van der Waals surface area contributed by atoms with Crippen LogP contribution in [-0.2, 0) is 9.63 Å². The summed E-state index contributed by atoms with van der Waals surface area (Å²) in [5.74, 6) is 0.321. The minimum absolute atomic E-state index is 0.162. The number of aromatic nitrogens is 3. The van der Waals surface area contributed by atoms with Crippen LogP contribution < -0.4 is 10.4 Å². The number of carbonyl (C=O) groups excluding carboxylic acids is 1. The van der Waals surface area contributed by atoms with E-state index in [9.17, 15) is 4.79 Å². The number of nitrogens with one attached hydrogen (secondary N) is 1. The molecule has 4 aromatic rings. The van der Waals surface area contributed by atoms with Crippen LogP contribution in [-0.4, -0.2) is 27.1 Å². The maximum atomic E-state index is 11.3. The van der Waals surface area contributed by atoms with Crippen molar-refractivity contribution < 1.29 is 9.63 Å². The average Bonchev–Trinajstić information content (AvgIpc) is 3.40. The van der Waals surface area contributed by atoms with Crippen molar-refractivity contribution in [2.24, 2.45) is 0 Å². The second-order valence-electron chi connectivity index (χ2n) is 7.25. The summed E-state index contributed by atoms with van der Waals surface area (Å²) in [5, 5.41) is 9.34. The van der Waals surface area contributed by atoms with Gasteiger partial charge in [0.15, 0.2) is 11.5 Å². The number of carbonyl (C=O) groups is 1. The molecule has 2 aromatic carbocycles. The van der Waals surface area contributed by atoms with Gasteiger partial charge in [-0.05, 0) is 29.8 Å². The quantitative estimate of drug-likeness (QED) is 0.556. The van der Waals surface area contributed by atoms with Crippen molar-refractivity contribution in [3.8, 4) is 11.3 Å². The smallest absolute Gasteiger partial charge is 0.222 e. The summed E-state index contributed by atoms with van der Waals surface area (Å²) in [6.07, 6.45) is 2.65. The summed E-state index contributed by atoms with van der Waals surface area (Å²) < 4.78 is 1.67. The highest BCUT2D eigenvalue weighted by atomic mass is 16.7. The first-order valence-electron chi connectivity index (χ1n) is 9.89. The molecule has 7 nitrogen and oxygen atoms in total. The normalized spacial score (nSPS) is 16.2. The van der Waals surface area contributed by atoms with E-state index in [0.717, 1.165) is 23.4 Å². The average molecular weight is 399 g/mol. The highest BCUT2D eigenvalue weighted by molar-refractivity contribution is 5.87. The van der Waals surface area contributed by atoms with Crippen LogP contribution in [0.3, 0.4) is 0 Å². The Morgan fingerprint density at radius 2 is 1.97 bits per heavy atom. The van der Waals surface area contributed by atoms with Crippen molar-refractivity contribution in [1.82, 2.24) is 14.6 Å². The van der Waals surface area contributed by atoms with Gasteiger partial charge in [-0.2, -0.15) is 5.10 Å². The van der Waals surface area contributed by atoms with E-state index in [2.05, 4.69) is 51.8 Å². The van der Waals surface area contributed by atoms with E-state index >= 15 is 0 Å². The molecule has 1 aliphatic rings. The number of imidazole rings is 1. The fourth-order valence-corrected chi connectivity index (χ4v) is 3.78. The second kappa shape index (κ2) is 7.61. The monoisotopic (exact) mass is 399 g/mol. The van der Waals surface area contributed by atoms with Crippen LogP contribution in [0.15, 0.2) is 72.9 Å². The Bertz CT molecular complexity index is 1200. The number of benzene rings is 2. The Morgan fingerprint density at radius 1 is 1.10 bits per heavy atom. The number of nitrogens with zero attached hydrogens (tertiary/aromatic N) is 4. The highest BCUT2D eigenvalue weighted by Crippen LogP contribution is 2.36. The van der Waals surface area contributed by atoms with Gasteiger partial charge < -0.3 is 5.32 Å². The van der Waals surface area contributed by atoms with Crippen LogP contribution in [0.25, 0.3) is 16.9 Å². The van der Waals surface area contributed by atoms with E-state index < -0.39 is 0 Å². The molecule has 5 rings (SSSR count). The topological polar surface area (TPSA) is 71.8 Å². The third-order valence-corrected chi connectivity index (χ3v) is 5.11. The van der Waals surface area contributed by atoms with Crippen LogP contribution in [0.2, 0.25) is 0 Å². The zero-order valence-corrected chi connectivity index (χ0v) is 16.5. The first kappa shape index (κ1) is 18.3.